The van der Waals surface area contributed by atoms with Gasteiger partial charge in [0, 0.05) is 88.0 Å². The van der Waals surface area contributed by atoms with Crippen LogP contribution in [0.1, 0.15) is 87.7 Å². The highest BCUT2D eigenvalue weighted by Gasteiger charge is 2.32. The number of aromatic carboxylic acids is 1. The number of carbonyl (C=O) groups is 4. The third-order valence-electron chi connectivity index (χ3n) is 15.6. The number of fused-ring (bicyclic) bond motifs is 3. The molecule has 11 rings (SSSR count). The first kappa shape index (κ1) is 49.0. The molecule has 7 heterocycles. The number of ether oxygens (including phenoxy) is 1. The number of hydrogen-bond acceptors (Lipinski definition) is 13. The van der Waals surface area contributed by atoms with Gasteiger partial charge in [0.05, 0.1) is 34.0 Å². The van der Waals surface area contributed by atoms with E-state index in [1.165, 1.54) is 29.9 Å². The number of piperazine rings is 1. The topological polar surface area (TPSA) is 178 Å². The summed E-state index contributed by atoms with van der Waals surface area (Å²) in [6, 6.07) is 29.6. The Morgan fingerprint density at radius 2 is 1.62 bits per heavy atom. The van der Waals surface area contributed by atoms with Gasteiger partial charge in [-0.15, -0.1) is 0 Å². The highest BCUT2D eigenvalue weighted by atomic mass is 32.1. The van der Waals surface area contributed by atoms with Crippen LogP contribution in [0.4, 0.5) is 16.6 Å². The lowest BCUT2D eigenvalue weighted by atomic mass is 9.92. The number of piperidine rings is 2. The molecular weight excluding hydrogens is 953 g/mol. The molecule has 1 atom stereocenters. The summed E-state index contributed by atoms with van der Waals surface area (Å²) in [5, 5.41) is 22.1. The van der Waals surface area contributed by atoms with Crippen molar-refractivity contribution in [2.24, 2.45) is 13.0 Å². The molecule has 74 heavy (non-hydrogen) atoms. The predicted molar refractivity (Wildman–Crippen MR) is 289 cm³/mol. The minimum absolute atomic E-state index is 0.0152. The zero-order chi connectivity index (χ0) is 50.9. The van der Waals surface area contributed by atoms with Gasteiger partial charge in [-0.05, 0) is 147 Å². The van der Waals surface area contributed by atoms with Crippen LogP contribution in [0.5, 0.6) is 5.75 Å². The van der Waals surface area contributed by atoms with Gasteiger partial charge >= 0.3 is 5.97 Å². The van der Waals surface area contributed by atoms with Crippen molar-refractivity contribution in [3.8, 4) is 16.9 Å². The Bertz CT molecular complexity index is 3230. The number of para-hydroxylation sites is 1. The number of carboxylic acid groups (broad SMARTS) is 1. The van der Waals surface area contributed by atoms with Gasteiger partial charge in [0.2, 0.25) is 11.8 Å². The zero-order valence-electron chi connectivity index (χ0n) is 42.0. The molecule has 3 aromatic heterocycles. The van der Waals surface area contributed by atoms with Gasteiger partial charge in [0.15, 0.2) is 10.8 Å². The number of benzene rings is 4. The van der Waals surface area contributed by atoms with Crippen LogP contribution >= 0.6 is 11.3 Å². The third kappa shape index (κ3) is 10.5. The van der Waals surface area contributed by atoms with E-state index >= 15 is 0 Å². The molecule has 7 aromatic rings. The van der Waals surface area contributed by atoms with Crippen molar-refractivity contribution in [2.45, 2.75) is 64.3 Å². The van der Waals surface area contributed by atoms with Gasteiger partial charge in [0.1, 0.15) is 11.6 Å². The Balaban J connectivity index is 0.618. The van der Waals surface area contributed by atoms with Crippen LogP contribution in [0.25, 0.3) is 32.2 Å². The molecule has 3 amide bonds. The summed E-state index contributed by atoms with van der Waals surface area (Å²) < 4.78 is 9.11. The van der Waals surface area contributed by atoms with Crippen molar-refractivity contribution >= 4 is 72.8 Å². The second-order valence-electron chi connectivity index (χ2n) is 20.2. The van der Waals surface area contributed by atoms with Crippen LogP contribution in [0.15, 0.2) is 91.0 Å². The highest BCUT2D eigenvalue weighted by Crippen LogP contribution is 2.35. The van der Waals surface area contributed by atoms with E-state index in [-0.39, 0.29) is 23.4 Å². The zero-order valence-corrected chi connectivity index (χ0v) is 42.8. The SMILES string of the molecule is Cc1cc(OCCCC2CCN(CCN3CCN(c4ccc5c(C6CCC(=O)NC6=O)nn(C)c5c4)CC3)CC2)ccc1-c1ccc(N2CCc3cccc(C(=O)Nc4nc5ccccc5s4)c3C2)nc1C(=O)O. The van der Waals surface area contributed by atoms with Crippen molar-refractivity contribution in [3.63, 3.8) is 0 Å². The summed E-state index contributed by atoms with van der Waals surface area (Å²) in [4.78, 5) is 69.7. The average molecular weight is 1020 g/mol. The van der Waals surface area contributed by atoms with E-state index in [0.717, 1.165) is 120 Å². The Labute approximate surface area is 434 Å². The number of imide groups is 1. The molecule has 4 aliphatic heterocycles. The van der Waals surface area contributed by atoms with E-state index in [1.54, 1.807) is 0 Å². The predicted octanol–water partition coefficient (Wildman–Crippen LogP) is 8.28. The van der Waals surface area contributed by atoms with E-state index in [9.17, 15) is 24.3 Å². The van der Waals surface area contributed by atoms with Crippen LogP contribution in [-0.2, 0) is 29.6 Å². The second kappa shape index (κ2) is 21.3. The molecule has 17 heteroatoms. The minimum atomic E-state index is -1.10. The number of rotatable bonds is 15. The number of pyridine rings is 1. The van der Waals surface area contributed by atoms with Crippen molar-refractivity contribution in [2.75, 3.05) is 80.6 Å². The third-order valence-corrected chi connectivity index (χ3v) is 16.5. The molecule has 16 nitrogen and oxygen atoms in total. The molecule has 0 radical (unpaired) electrons. The number of likely N-dealkylation sites (tertiary alicyclic amines) is 1. The molecule has 0 spiro atoms. The van der Waals surface area contributed by atoms with Gasteiger partial charge in [-0.1, -0.05) is 41.7 Å². The van der Waals surface area contributed by atoms with E-state index in [0.29, 0.717) is 67.0 Å². The van der Waals surface area contributed by atoms with Crippen LogP contribution < -0.4 is 25.2 Å². The van der Waals surface area contributed by atoms with Crippen molar-refractivity contribution in [1.82, 2.24) is 34.9 Å². The van der Waals surface area contributed by atoms with E-state index in [1.807, 2.05) is 96.3 Å². The number of nitrogens with zero attached hydrogens (tertiary/aromatic N) is 8. The van der Waals surface area contributed by atoms with Gasteiger partial charge in [-0.3, -0.25) is 34.6 Å². The lowest BCUT2D eigenvalue weighted by Crippen LogP contribution is -2.49. The molecule has 0 aliphatic carbocycles. The van der Waals surface area contributed by atoms with E-state index < -0.39 is 11.9 Å². The summed E-state index contributed by atoms with van der Waals surface area (Å²) in [5.74, 6) is -0.180. The normalized spacial score (nSPS) is 17.9. The maximum absolute atomic E-state index is 13.6. The standard InChI is InChI=1S/C57H62N10O6S/c1-36-33-40(13-15-41(36)42-16-18-50(59-53(42)56(71)72)67-25-22-38-8-5-9-43(46(38)35-67)54(69)61-57-58-47-10-3-4-11-49(47)74-57)73-32-6-7-37-20-23-64(24-21-37)26-27-65-28-30-66(31-29-65)39-12-14-44-48(34-39)63(2)62-52(44)45-17-19-51(68)60-55(45)70/h3-5,8-16,18,33-34,37,45H,6-7,17,19-32,35H2,1-2H3,(H,71,72)(H,58,61,69)(H,60,68,70). The number of carbonyl (C=O) groups excluding carboxylic acids is 3. The maximum Gasteiger partial charge on any atom is 0.355 e. The van der Waals surface area contributed by atoms with Gasteiger partial charge in [0.25, 0.3) is 5.91 Å². The number of hydrogen-bond donors (Lipinski definition) is 3. The Kier molecular flexibility index (Phi) is 14.1. The van der Waals surface area contributed by atoms with Crippen LogP contribution in [0.3, 0.4) is 0 Å². The molecule has 382 valence electrons. The van der Waals surface area contributed by atoms with Crippen LogP contribution in [-0.4, -0.2) is 124 Å². The van der Waals surface area contributed by atoms with E-state index in [4.69, 9.17) is 14.8 Å². The number of aromatic nitrogens is 4. The Morgan fingerprint density at radius 1 is 0.824 bits per heavy atom. The minimum Gasteiger partial charge on any atom is -0.494 e. The van der Waals surface area contributed by atoms with Crippen molar-refractivity contribution in [1.29, 1.82) is 0 Å². The number of aryl methyl sites for hydroxylation is 2. The summed E-state index contributed by atoms with van der Waals surface area (Å²) >= 11 is 1.44. The maximum atomic E-state index is 13.6. The molecule has 1 unspecified atom stereocenters. The first-order chi connectivity index (χ1) is 36.0. The molecule has 3 N–H and O–H groups in total. The molecular formula is C57H62N10O6S. The quantitative estimate of drug-likeness (QED) is 0.0661. The Hall–Kier alpha value is -7.21. The first-order valence-electron chi connectivity index (χ1n) is 26.0. The molecule has 3 saturated heterocycles. The average Bonchev–Trinajstić information content (AvgIpc) is 3.98. The van der Waals surface area contributed by atoms with Crippen LogP contribution in [0, 0.1) is 12.8 Å². The summed E-state index contributed by atoms with van der Waals surface area (Å²) in [5.41, 5.74) is 8.56. The first-order valence-corrected chi connectivity index (χ1v) is 26.8. The summed E-state index contributed by atoms with van der Waals surface area (Å²) in [6.07, 6.45) is 6.05. The smallest absolute Gasteiger partial charge is 0.355 e. The van der Waals surface area contributed by atoms with Crippen molar-refractivity contribution in [3.05, 3.63) is 125 Å². The summed E-state index contributed by atoms with van der Waals surface area (Å²) in [6.45, 7) is 12.1. The second-order valence-corrected chi connectivity index (χ2v) is 21.3. The molecule has 4 aromatic carbocycles. The lowest BCUT2D eigenvalue weighted by Gasteiger charge is -2.38. The molecule has 0 bridgehead atoms. The van der Waals surface area contributed by atoms with Crippen molar-refractivity contribution < 1.29 is 29.0 Å². The molecule has 3 fully saturated rings. The van der Waals surface area contributed by atoms with Gasteiger partial charge in [-0.2, -0.15) is 5.10 Å². The number of carboxylic acids is 1. The highest BCUT2D eigenvalue weighted by molar-refractivity contribution is 7.22. The summed E-state index contributed by atoms with van der Waals surface area (Å²) in [7, 11) is 1.92. The Morgan fingerprint density at radius 3 is 2.41 bits per heavy atom. The molecule has 0 saturated carbocycles. The fourth-order valence-corrected chi connectivity index (χ4v) is 12.2. The number of thiazole rings is 1. The number of nitrogens with one attached hydrogen (secondary N) is 2. The van der Waals surface area contributed by atoms with Gasteiger partial charge < -0.3 is 24.5 Å². The largest absolute Gasteiger partial charge is 0.494 e. The fraction of sp³-hybridized carbons (Fsp3) is 0.386. The fourth-order valence-electron chi connectivity index (χ4n) is 11.4. The monoisotopic (exact) mass is 1010 g/mol. The van der Waals surface area contributed by atoms with Gasteiger partial charge in [-0.25, -0.2) is 14.8 Å². The molecule has 4 aliphatic rings. The number of anilines is 3. The lowest BCUT2D eigenvalue weighted by molar-refractivity contribution is -0.134. The number of amides is 3. The van der Waals surface area contributed by atoms with Crippen LogP contribution in [0.2, 0.25) is 0 Å². The van der Waals surface area contributed by atoms with E-state index in [2.05, 4.69) is 48.5 Å².